The number of hydrogen-bond acceptors (Lipinski definition) is 1. The first-order chi connectivity index (χ1) is 11.6. The van der Waals surface area contributed by atoms with Gasteiger partial charge in [-0.25, -0.2) is 0 Å². The zero-order valence-electron chi connectivity index (χ0n) is 16.0. The van der Waals surface area contributed by atoms with E-state index in [0.29, 0.717) is 0 Å². The molecule has 1 aliphatic rings. The van der Waals surface area contributed by atoms with Crippen molar-refractivity contribution in [2.24, 2.45) is 10.8 Å². The quantitative estimate of drug-likeness (QED) is 0.429. The Morgan fingerprint density at radius 2 is 1.32 bits per heavy atom. The molecule has 25 heavy (non-hydrogen) atoms. The number of ketones is 1. The number of Topliss-reactive ketones (excluding diaryl/α,β-unsaturated/α-hetero) is 1. The summed E-state index contributed by atoms with van der Waals surface area (Å²) in [4.78, 5) is 13.3. The molecule has 0 aromatic heterocycles. The minimum absolute atomic E-state index is 0.0924. The van der Waals surface area contributed by atoms with Crippen LogP contribution in [0.3, 0.4) is 0 Å². The van der Waals surface area contributed by atoms with E-state index in [1.807, 2.05) is 0 Å². The third-order valence-corrected chi connectivity index (χ3v) is 7.49. The Kier molecular flexibility index (Phi) is 3.08. The molecule has 0 amide bonds. The van der Waals surface area contributed by atoms with Crippen LogP contribution in [0.1, 0.15) is 57.5 Å². The highest BCUT2D eigenvalue weighted by molar-refractivity contribution is 6.12. The van der Waals surface area contributed by atoms with E-state index < -0.39 is 5.41 Å². The molecule has 0 bridgehead atoms. The van der Waals surface area contributed by atoms with Gasteiger partial charge in [0.05, 0.1) is 0 Å². The second kappa shape index (κ2) is 4.72. The number of carbonyl (C=O) groups excluding carboxylic acids is 1. The Morgan fingerprint density at radius 1 is 0.680 bits per heavy atom. The third-order valence-electron chi connectivity index (χ3n) is 7.49. The van der Waals surface area contributed by atoms with Crippen LogP contribution in [0.5, 0.6) is 0 Å². The Hall–Kier alpha value is -2.15. The van der Waals surface area contributed by atoms with Crippen molar-refractivity contribution in [1.29, 1.82) is 0 Å². The SMILES string of the molecule is CC1(C)C(=O)c2cc3ccc4ccccc4c3cc2C(C)(C)C1(C)C. The van der Waals surface area contributed by atoms with E-state index >= 15 is 0 Å². The Bertz CT molecular complexity index is 1030. The summed E-state index contributed by atoms with van der Waals surface area (Å²) >= 11 is 0. The average molecular weight is 330 g/mol. The summed E-state index contributed by atoms with van der Waals surface area (Å²) in [6.45, 7) is 13.3. The van der Waals surface area contributed by atoms with Crippen molar-refractivity contribution >= 4 is 27.3 Å². The minimum atomic E-state index is -0.395. The lowest BCUT2D eigenvalue weighted by Gasteiger charge is -2.55. The van der Waals surface area contributed by atoms with Crippen LogP contribution in [0, 0.1) is 10.8 Å². The summed E-state index contributed by atoms with van der Waals surface area (Å²) in [6, 6.07) is 17.2. The van der Waals surface area contributed by atoms with Crippen LogP contribution in [-0.2, 0) is 5.41 Å². The van der Waals surface area contributed by atoms with Gasteiger partial charge in [-0.05, 0) is 50.1 Å². The molecular weight excluding hydrogens is 304 g/mol. The molecule has 0 N–H and O–H groups in total. The maximum absolute atomic E-state index is 13.3. The minimum Gasteiger partial charge on any atom is -0.294 e. The van der Waals surface area contributed by atoms with E-state index in [2.05, 4.69) is 90.1 Å². The van der Waals surface area contributed by atoms with Crippen LogP contribution < -0.4 is 0 Å². The van der Waals surface area contributed by atoms with Crippen molar-refractivity contribution in [2.75, 3.05) is 0 Å². The van der Waals surface area contributed by atoms with Crippen molar-refractivity contribution in [3.8, 4) is 0 Å². The summed E-state index contributed by atoms with van der Waals surface area (Å²) in [5, 5.41) is 4.90. The highest BCUT2D eigenvalue weighted by atomic mass is 16.1. The predicted octanol–water partition coefficient (Wildman–Crippen LogP) is 6.52. The zero-order chi connectivity index (χ0) is 18.2. The van der Waals surface area contributed by atoms with Gasteiger partial charge in [0.1, 0.15) is 0 Å². The smallest absolute Gasteiger partial charge is 0.169 e. The molecule has 0 saturated carbocycles. The summed E-state index contributed by atoms with van der Waals surface area (Å²) in [5.41, 5.74) is 1.46. The summed E-state index contributed by atoms with van der Waals surface area (Å²) in [5.74, 6) is 0.266. The molecule has 0 unspecified atom stereocenters. The third kappa shape index (κ3) is 1.87. The van der Waals surface area contributed by atoms with Crippen LogP contribution in [0.25, 0.3) is 21.5 Å². The number of benzene rings is 3. The normalized spacial score (nSPS) is 20.6. The predicted molar refractivity (Wildman–Crippen MR) is 106 cm³/mol. The van der Waals surface area contributed by atoms with Gasteiger partial charge in [-0.1, -0.05) is 77.9 Å². The van der Waals surface area contributed by atoms with Gasteiger partial charge >= 0.3 is 0 Å². The van der Waals surface area contributed by atoms with Gasteiger partial charge in [0.2, 0.25) is 0 Å². The van der Waals surface area contributed by atoms with Crippen LogP contribution in [0.15, 0.2) is 48.5 Å². The maximum Gasteiger partial charge on any atom is 0.169 e. The Morgan fingerprint density at radius 3 is 2.04 bits per heavy atom. The van der Waals surface area contributed by atoms with Gasteiger partial charge in [0, 0.05) is 11.0 Å². The topological polar surface area (TPSA) is 17.1 Å². The summed E-state index contributed by atoms with van der Waals surface area (Å²) < 4.78 is 0. The van der Waals surface area contributed by atoms with Gasteiger partial charge in [-0.15, -0.1) is 0 Å². The van der Waals surface area contributed by atoms with Crippen LogP contribution in [0.2, 0.25) is 0 Å². The lowest BCUT2D eigenvalue weighted by molar-refractivity contribution is 0.0187. The average Bonchev–Trinajstić information content (AvgIpc) is 2.58. The van der Waals surface area contributed by atoms with Gasteiger partial charge in [-0.3, -0.25) is 4.79 Å². The number of rotatable bonds is 0. The zero-order valence-corrected chi connectivity index (χ0v) is 16.0. The first-order valence-electron chi connectivity index (χ1n) is 9.10. The first-order valence-corrected chi connectivity index (χ1v) is 9.10. The molecule has 0 aliphatic heterocycles. The van der Waals surface area contributed by atoms with E-state index in [1.165, 1.54) is 21.7 Å². The molecule has 0 fully saturated rings. The number of fused-ring (bicyclic) bond motifs is 4. The summed E-state index contributed by atoms with van der Waals surface area (Å²) in [7, 11) is 0. The number of hydrogen-bond donors (Lipinski definition) is 0. The van der Waals surface area contributed by atoms with Crippen LogP contribution >= 0.6 is 0 Å². The molecule has 0 spiro atoms. The molecule has 0 atom stereocenters. The molecular formula is C24H26O. The summed E-state index contributed by atoms with van der Waals surface area (Å²) in [6.07, 6.45) is 0. The molecule has 1 heteroatoms. The molecule has 0 heterocycles. The fraction of sp³-hybridized carbons (Fsp3) is 0.375. The molecule has 0 radical (unpaired) electrons. The van der Waals surface area contributed by atoms with E-state index in [0.717, 1.165) is 10.9 Å². The van der Waals surface area contributed by atoms with Crippen molar-refractivity contribution in [3.63, 3.8) is 0 Å². The van der Waals surface area contributed by atoms with Gasteiger partial charge in [0.15, 0.2) is 5.78 Å². The van der Waals surface area contributed by atoms with Crippen molar-refractivity contribution < 1.29 is 4.79 Å². The lowest BCUT2D eigenvalue weighted by atomic mass is 9.47. The van der Waals surface area contributed by atoms with Crippen LogP contribution in [-0.4, -0.2) is 5.78 Å². The molecule has 3 aromatic carbocycles. The van der Waals surface area contributed by atoms with Crippen molar-refractivity contribution in [1.82, 2.24) is 0 Å². The molecule has 0 saturated heterocycles. The molecule has 3 aromatic rings. The van der Waals surface area contributed by atoms with Crippen molar-refractivity contribution in [3.05, 3.63) is 59.7 Å². The fourth-order valence-corrected chi connectivity index (χ4v) is 4.50. The van der Waals surface area contributed by atoms with Gasteiger partial charge in [-0.2, -0.15) is 0 Å². The molecule has 1 nitrogen and oxygen atoms in total. The lowest BCUT2D eigenvalue weighted by Crippen LogP contribution is -2.55. The monoisotopic (exact) mass is 330 g/mol. The van der Waals surface area contributed by atoms with E-state index in [4.69, 9.17) is 0 Å². The highest BCUT2D eigenvalue weighted by Crippen LogP contribution is 2.58. The fourth-order valence-electron chi connectivity index (χ4n) is 4.50. The highest BCUT2D eigenvalue weighted by Gasteiger charge is 2.57. The van der Waals surface area contributed by atoms with E-state index in [1.54, 1.807) is 0 Å². The Labute approximate surface area is 150 Å². The second-order valence-electron chi connectivity index (χ2n) is 9.11. The van der Waals surface area contributed by atoms with Crippen molar-refractivity contribution in [2.45, 2.75) is 47.0 Å². The van der Waals surface area contributed by atoms with E-state index in [9.17, 15) is 4.79 Å². The first kappa shape index (κ1) is 16.3. The van der Waals surface area contributed by atoms with Crippen LogP contribution in [0.4, 0.5) is 0 Å². The van der Waals surface area contributed by atoms with Gasteiger partial charge in [0.25, 0.3) is 0 Å². The van der Waals surface area contributed by atoms with E-state index in [-0.39, 0.29) is 16.6 Å². The Balaban J connectivity index is 2.15. The second-order valence-corrected chi connectivity index (χ2v) is 9.11. The largest absolute Gasteiger partial charge is 0.294 e. The molecule has 1 aliphatic carbocycles. The maximum atomic E-state index is 13.3. The standard InChI is InChI=1S/C24H26O/c1-22(2)20-14-18-16(12-11-15-9-7-8-10-17(15)18)13-19(20)21(25)23(3,4)24(22,5)6/h7-14H,1-6H3. The molecule has 4 rings (SSSR count). The molecule has 128 valence electrons. The number of carbonyl (C=O) groups is 1. The van der Waals surface area contributed by atoms with Gasteiger partial charge < -0.3 is 0 Å².